The smallest absolute Gasteiger partial charge is 0.220 e. The summed E-state index contributed by atoms with van der Waals surface area (Å²) in [6.45, 7) is 4.28. The average Bonchev–Trinajstić information content (AvgIpc) is 3.12. The maximum Gasteiger partial charge on any atom is 0.220 e. The standard InChI is InChI=1S/C46H87NO3/c1-3-5-7-9-11-13-15-17-19-20-21-22-23-24-25-26-28-29-31-33-35-37-39-41-45(49)44(43-48)47-46(50)42-40-38-36-34-32-30-27-18-16-14-12-10-8-6-4-2/h12,14,16,18,39,41,44-45,48-49H,3-11,13,15,17,19-38,40,42-43H2,1-2H3,(H,47,50)/b14-12-,18-16-,41-39+. The molecule has 2 unspecified atom stereocenters. The van der Waals surface area contributed by atoms with E-state index in [4.69, 9.17) is 0 Å². The Balaban J connectivity index is 3.55. The van der Waals surface area contributed by atoms with Gasteiger partial charge in [0.1, 0.15) is 0 Å². The summed E-state index contributed by atoms with van der Waals surface area (Å²) in [5.74, 6) is -0.0752. The van der Waals surface area contributed by atoms with Gasteiger partial charge in [-0.1, -0.05) is 217 Å². The highest BCUT2D eigenvalue weighted by Gasteiger charge is 2.17. The van der Waals surface area contributed by atoms with E-state index in [1.807, 2.05) is 6.08 Å². The van der Waals surface area contributed by atoms with Gasteiger partial charge in [0.25, 0.3) is 0 Å². The molecule has 0 radical (unpaired) electrons. The van der Waals surface area contributed by atoms with Crippen molar-refractivity contribution in [1.29, 1.82) is 0 Å². The molecule has 0 fully saturated rings. The normalized spacial score (nSPS) is 13.3. The van der Waals surface area contributed by atoms with E-state index in [1.54, 1.807) is 6.08 Å². The third-order valence-electron chi connectivity index (χ3n) is 10.1. The largest absolute Gasteiger partial charge is 0.394 e. The molecule has 0 spiro atoms. The molecule has 4 heteroatoms. The number of allylic oxidation sites excluding steroid dienone is 5. The second-order valence-electron chi connectivity index (χ2n) is 15.1. The topological polar surface area (TPSA) is 69.6 Å². The third-order valence-corrected chi connectivity index (χ3v) is 10.1. The average molecular weight is 702 g/mol. The van der Waals surface area contributed by atoms with Gasteiger partial charge in [-0.05, 0) is 44.9 Å². The second kappa shape index (κ2) is 42.0. The Morgan fingerprint density at radius 3 is 1.20 bits per heavy atom. The van der Waals surface area contributed by atoms with Gasteiger partial charge in [-0.15, -0.1) is 0 Å². The quantitative estimate of drug-likeness (QED) is 0.0338. The molecule has 0 aromatic carbocycles. The molecule has 0 saturated heterocycles. The minimum absolute atomic E-state index is 0.0752. The molecule has 50 heavy (non-hydrogen) atoms. The zero-order valence-corrected chi connectivity index (χ0v) is 33.7. The highest BCUT2D eigenvalue weighted by molar-refractivity contribution is 5.76. The minimum Gasteiger partial charge on any atom is -0.394 e. The number of hydrogen-bond donors (Lipinski definition) is 3. The Kier molecular flexibility index (Phi) is 40.9. The monoisotopic (exact) mass is 702 g/mol. The first-order valence-electron chi connectivity index (χ1n) is 22.2. The van der Waals surface area contributed by atoms with Crippen LogP contribution in [0.4, 0.5) is 0 Å². The fourth-order valence-corrected chi connectivity index (χ4v) is 6.70. The Labute approximate surface area is 312 Å². The van der Waals surface area contributed by atoms with Crippen LogP contribution in [0.2, 0.25) is 0 Å². The molecule has 0 aromatic rings. The van der Waals surface area contributed by atoms with Crippen LogP contribution in [0.25, 0.3) is 0 Å². The predicted molar refractivity (Wildman–Crippen MR) is 221 cm³/mol. The van der Waals surface area contributed by atoms with Gasteiger partial charge in [-0.3, -0.25) is 4.79 Å². The maximum absolute atomic E-state index is 12.4. The molecule has 0 aliphatic rings. The molecule has 0 heterocycles. The highest BCUT2D eigenvalue weighted by Crippen LogP contribution is 2.16. The minimum atomic E-state index is -0.843. The first-order valence-corrected chi connectivity index (χ1v) is 22.2. The van der Waals surface area contributed by atoms with Crippen LogP contribution in [0.1, 0.15) is 232 Å². The van der Waals surface area contributed by atoms with Gasteiger partial charge in [0.2, 0.25) is 5.91 Å². The molecule has 3 N–H and O–H groups in total. The molecule has 4 nitrogen and oxygen atoms in total. The fraction of sp³-hybridized carbons (Fsp3) is 0.848. The SMILES string of the molecule is CCCCC/C=C\C=C/CCCCCCCCC(=O)NC(CO)C(O)/C=C/CCCCCCCCCCCCCCCCCCCCCCC. The summed E-state index contributed by atoms with van der Waals surface area (Å²) in [6, 6.07) is -0.627. The lowest BCUT2D eigenvalue weighted by Crippen LogP contribution is -2.45. The van der Waals surface area contributed by atoms with Gasteiger partial charge in [-0.2, -0.15) is 0 Å². The summed E-state index contributed by atoms with van der Waals surface area (Å²) in [5, 5.41) is 23.0. The molecule has 1 amide bonds. The lowest BCUT2D eigenvalue weighted by molar-refractivity contribution is -0.123. The molecule has 0 aliphatic heterocycles. The van der Waals surface area contributed by atoms with Crippen LogP contribution in [0.3, 0.4) is 0 Å². The first-order chi connectivity index (χ1) is 24.7. The van der Waals surface area contributed by atoms with E-state index in [1.165, 1.54) is 173 Å². The number of nitrogens with one attached hydrogen (secondary N) is 1. The van der Waals surface area contributed by atoms with E-state index >= 15 is 0 Å². The summed E-state index contributed by atoms with van der Waals surface area (Å²) in [6.07, 6.45) is 55.4. The Bertz CT molecular complexity index is 760. The van der Waals surface area contributed by atoms with Gasteiger partial charge < -0.3 is 15.5 Å². The van der Waals surface area contributed by atoms with Crippen LogP contribution in [0.5, 0.6) is 0 Å². The van der Waals surface area contributed by atoms with Crippen molar-refractivity contribution in [2.75, 3.05) is 6.61 Å². The number of aliphatic hydroxyl groups is 2. The second-order valence-corrected chi connectivity index (χ2v) is 15.1. The Hall–Kier alpha value is -1.39. The summed E-state index contributed by atoms with van der Waals surface area (Å²) in [5.41, 5.74) is 0. The summed E-state index contributed by atoms with van der Waals surface area (Å²) >= 11 is 0. The Morgan fingerprint density at radius 1 is 0.480 bits per heavy atom. The zero-order chi connectivity index (χ0) is 36.4. The van der Waals surface area contributed by atoms with Gasteiger partial charge >= 0.3 is 0 Å². The van der Waals surface area contributed by atoms with E-state index in [0.717, 1.165) is 38.5 Å². The van der Waals surface area contributed by atoms with E-state index in [9.17, 15) is 15.0 Å². The lowest BCUT2D eigenvalue weighted by atomic mass is 10.0. The number of carbonyl (C=O) groups excluding carboxylic acids is 1. The number of hydrogen-bond acceptors (Lipinski definition) is 3. The van der Waals surface area contributed by atoms with Crippen molar-refractivity contribution in [3.8, 4) is 0 Å². The van der Waals surface area contributed by atoms with Crippen LogP contribution >= 0.6 is 0 Å². The van der Waals surface area contributed by atoms with E-state index in [0.29, 0.717) is 6.42 Å². The van der Waals surface area contributed by atoms with Crippen LogP contribution < -0.4 is 5.32 Å². The van der Waals surface area contributed by atoms with Crippen molar-refractivity contribution in [2.24, 2.45) is 0 Å². The van der Waals surface area contributed by atoms with Gasteiger partial charge in [0.15, 0.2) is 0 Å². The third kappa shape index (κ3) is 37.9. The molecule has 0 aliphatic carbocycles. The van der Waals surface area contributed by atoms with E-state index < -0.39 is 12.1 Å². The molecule has 0 rings (SSSR count). The van der Waals surface area contributed by atoms with Crippen molar-refractivity contribution in [3.63, 3.8) is 0 Å². The summed E-state index contributed by atoms with van der Waals surface area (Å²) in [4.78, 5) is 12.4. The fourth-order valence-electron chi connectivity index (χ4n) is 6.70. The predicted octanol–water partition coefficient (Wildman–Crippen LogP) is 13.8. The number of aliphatic hydroxyl groups excluding tert-OH is 2. The van der Waals surface area contributed by atoms with E-state index in [-0.39, 0.29) is 12.5 Å². The molecular weight excluding hydrogens is 615 g/mol. The van der Waals surface area contributed by atoms with Crippen LogP contribution in [-0.2, 0) is 4.79 Å². The molecule has 0 aromatic heterocycles. The number of amides is 1. The van der Waals surface area contributed by atoms with Gasteiger partial charge in [0, 0.05) is 6.42 Å². The molecule has 0 bridgehead atoms. The lowest BCUT2D eigenvalue weighted by Gasteiger charge is -2.20. The maximum atomic E-state index is 12.4. The van der Waals surface area contributed by atoms with Crippen molar-refractivity contribution < 1.29 is 15.0 Å². The van der Waals surface area contributed by atoms with Crippen molar-refractivity contribution in [3.05, 3.63) is 36.5 Å². The molecule has 2 atom stereocenters. The van der Waals surface area contributed by atoms with Gasteiger partial charge in [-0.25, -0.2) is 0 Å². The summed E-state index contributed by atoms with van der Waals surface area (Å²) < 4.78 is 0. The number of rotatable bonds is 40. The van der Waals surface area contributed by atoms with E-state index in [2.05, 4.69) is 43.5 Å². The van der Waals surface area contributed by atoms with Crippen molar-refractivity contribution >= 4 is 5.91 Å². The van der Waals surface area contributed by atoms with Crippen molar-refractivity contribution in [2.45, 2.75) is 244 Å². The summed E-state index contributed by atoms with van der Waals surface area (Å²) in [7, 11) is 0. The molecular formula is C46H87NO3. The Morgan fingerprint density at radius 2 is 0.800 bits per heavy atom. The van der Waals surface area contributed by atoms with Gasteiger partial charge in [0.05, 0.1) is 18.8 Å². The van der Waals surface area contributed by atoms with Crippen LogP contribution in [0.15, 0.2) is 36.5 Å². The van der Waals surface area contributed by atoms with Crippen LogP contribution in [0, 0.1) is 0 Å². The van der Waals surface area contributed by atoms with Crippen LogP contribution in [-0.4, -0.2) is 34.9 Å². The zero-order valence-electron chi connectivity index (χ0n) is 33.7. The number of carbonyl (C=O) groups is 1. The highest BCUT2D eigenvalue weighted by atomic mass is 16.3. The number of unbranched alkanes of at least 4 members (excludes halogenated alkanes) is 30. The molecule has 294 valence electrons. The molecule has 0 saturated carbocycles. The van der Waals surface area contributed by atoms with Crippen molar-refractivity contribution in [1.82, 2.24) is 5.32 Å². The first kappa shape index (κ1) is 48.6.